The summed E-state index contributed by atoms with van der Waals surface area (Å²) in [5, 5.41) is 9.70. The van der Waals surface area contributed by atoms with Gasteiger partial charge in [-0.3, -0.25) is 0 Å². The van der Waals surface area contributed by atoms with Crippen LogP contribution < -0.4 is 14.5 Å². The van der Waals surface area contributed by atoms with Gasteiger partial charge in [-0.25, -0.2) is 15.0 Å². The predicted molar refractivity (Wildman–Crippen MR) is 108 cm³/mol. The molecule has 1 saturated heterocycles. The van der Waals surface area contributed by atoms with Crippen LogP contribution in [0.4, 0.5) is 11.6 Å². The minimum atomic E-state index is 0.290. The van der Waals surface area contributed by atoms with Crippen LogP contribution in [0.3, 0.4) is 0 Å². The van der Waals surface area contributed by atoms with E-state index in [1.165, 1.54) is 30.4 Å². The number of nitriles is 1. The second-order valence-electron chi connectivity index (χ2n) is 7.56. The minimum Gasteiger partial charge on any atom is -0.481 e. The number of anilines is 2. The molecule has 0 spiro atoms. The molecule has 1 unspecified atom stereocenters. The molecule has 0 bridgehead atoms. The summed E-state index contributed by atoms with van der Waals surface area (Å²) in [6, 6.07) is 6.60. The molecule has 0 saturated carbocycles. The van der Waals surface area contributed by atoms with Gasteiger partial charge in [0, 0.05) is 37.9 Å². The van der Waals surface area contributed by atoms with E-state index in [9.17, 15) is 5.26 Å². The molecule has 28 heavy (non-hydrogen) atoms. The second-order valence-corrected chi connectivity index (χ2v) is 7.56. The van der Waals surface area contributed by atoms with Gasteiger partial charge in [-0.2, -0.15) is 5.26 Å². The lowest BCUT2D eigenvalue weighted by molar-refractivity contribution is 0.396. The Hall–Kier alpha value is -2.88. The molecule has 2 aromatic heterocycles. The molecule has 0 radical (unpaired) electrons. The van der Waals surface area contributed by atoms with E-state index in [1.54, 1.807) is 7.11 Å². The summed E-state index contributed by atoms with van der Waals surface area (Å²) in [5.74, 6) is 2.26. The summed E-state index contributed by atoms with van der Waals surface area (Å²) in [6.07, 6.45) is 8.10. The van der Waals surface area contributed by atoms with Crippen molar-refractivity contribution >= 4 is 11.6 Å². The van der Waals surface area contributed by atoms with Crippen LogP contribution in [0.5, 0.6) is 5.88 Å². The first kappa shape index (κ1) is 18.5. The highest BCUT2D eigenvalue weighted by Crippen LogP contribution is 2.29. The lowest BCUT2D eigenvalue weighted by atomic mass is 9.94. The molecule has 7 nitrogen and oxygen atoms in total. The molecule has 146 valence electrons. The van der Waals surface area contributed by atoms with Gasteiger partial charge in [-0.15, -0.1) is 0 Å². The first-order chi connectivity index (χ1) is 13.7. The number of fused-ring (bicyclic) bond motifs is 1. The summed E-state index contributed by atoms with van der Waals surface area (Å²) in [6.45, 7) is 1.75. The fourth-order valence-corrected chi connectivity index (χ4v) is 4.23. The third kappa shape index (κ3) is 3.59. The van der Waals surface area contributed by atoms with Gasteiger partial charge in [0.15, 0.2) is 0 Å². The Morgan fingerprint density at radius 2 is 2.07 bits per heavy atom. The topological polar surface area (TPSA) is 78.2 Å². The Morgan fingerprint density at radius 3 is 2.89 bits per heavy atom. The minimum absolute atomic E-state index is 0.290. The smallest absolute Gasteiger partial charge is 0.218 e. The number of rotatable bonds is 4. The van der Waals surface area contributed by atoms with Gasteiger partial charge in [0.2, 0.25) is 5.88 Å². The number of likely N-dealkylation sites (N-methyl/N-ethyl adjacent to an activating group) is 1. The third-order valence-corrected chi connectivity index (χ3v) is 5.84. The molecule has 1 aliphatic heterocycles. The first-order valence-electron chi connectivity index (χ1n) is 9.96. The van der Waals surface area contributed by atoms with Crippen LogP contribution in [0, 0.1) is 11.3 Å². The van der Waals surface area contributed by atoms with E-state index in [-0.39, 0.29) is 6.04 Å². The summed E-state index contributed by atoms with van der Waals surface area (Å²) >= 11 is 0. The maximum Gasteiger partial charge on any atom is 0.218 e. The van der Waals surface area contributed by atoms with Crippen molar-refractivity contribution in [2.75, 3.05) is 37.0 Å². The largest absolute Gasteiger partial charge is 0.481 e. The van der Waals surface area contributed by atoms with E-state index < -0.39 is 0 Å². The Labute approximate surface area is 166 Å². The molecular weight excluding hydrogens is 352 g/mol. The van der Waals surface area contributed by atoms with Crippen LogP contribution in [-0.2, 0) is 12.8 Å². The Balaban J connectivity index is 1.58. The van der Waals surface area contributed by atoms with Crippen molar-refractivity contribution in [1.29, 1.82) is 5.26 Å². The molecule has 1 atom stereocenters. The summed E-state index contributed by atoms with van der Waals surface area (Å²) in [7, 11) is 3.67. The average molecular weight is 378 g/mol. The van der Waals surface area contributed by atoms with Gasteiger partial charge in [-0.05, 0) is 50.2 Å². The summed E-state index contributed by atoms with van der Waals surface area (Å²) in [4.78, 5) is 17.9. The Kier molecular flexibility index (Phi) is 5.29. The number of hydrogen-bond acceptors (Lipinski definition) is 7. The van der Waals surface area contributed by atoms with E-state index in [2.05, 4.69) is 39.0 Å². The van der Waals surface area contributed by atoms with Gasteiger partial charge in [0.05, 0.1) is 12.7 Å². The van der Waals surface area contributed by atoms with Gasteiger partial charge < -0.3 is 14.5 Å². The number of methoxy groups -OCH3 is 1. The van der Waals surface area contributed by atoms with E-state index in [0.29, 0.717) is 11.4 Å². The molecule has 2 aliphatic rings. The highest BCUT2D eigenvalue weighted by Gasteiger charge is 2.27. The van der Waals surface area contributed by atoms with Crippen LogP contribution in [0.25, 0.3) is 0 Å². The zero-order chi connectivity index (χ0) is 19.5. The molecule has 0 N–H and O–H groups in total. The van der Waals surface area contributed by atoms with Crippen molar-refractivity contribution in [3.8, 4) is 11.9 Å². The van der Waals surface area contributed by atoms with E-state index in [1.807, 2.05) is 6.07 Å². The van der Waals surface area contributed by atoms with Crippen LogP contribution in [0.2, 0.25) is 0 Å². The Morgan fingerprint density at radius 1 is 1.21 bits per heavy atom. The van der Waals surface area contributed by atoms with Crippen LogP contribution in [0.1, 0.15) is 42.5 Å². The Bertz CT molecular complexity index is 893. The molecular formula is C21H26N6O. The lowest BCUT2D eigenvalue weighted by Gasteiger charge is -2.39. The van der Waals surface area contributed by atoms with Gasteiger partial charge in [0.25, 0.3) is 0 Å². The van der Waals surface area contributed by atoms with Crippen LogP contribution in [0.15, 0.2) is 18.5 Å². The number of aromatic nitrogens is 3. The van der Waals surface area contributed by atoms with E-state index in [0.717, 1.165) is 50.4 Å². The molecule has 7 heteroatoms. The van der Waals surface area contributed by atoms with Crippen LogP contribution in [-0.4, -0.2) is 48.2 Å². The first-order valence-corrected chi connectivity index (χ1v) is 9.96. The zero-order valence-corrected chi connectivity index (χ0v) is 16.6. The molecule has 4 rings (SSSR count). The van der Waals surface area contributed by atoms with Crippen molar-refractivity contribution in [1.82, 2.24) is 15.0 Å². The predicted octanol–water partition coefficient (Wildman–Crippen LogP) is 2.74. The van der Waals surface area contributed by atoms with Crippen molar-refractivity contribution in [2.24, 2.45) is 0 Å². The zero-order valence-electron chi connectivity index (χ0n) is 16.6. The van der Waals surface area contributed by atoms with Crippen molar-refractivity contribution < 1.29 is 4.74 Å². The highest BCUT2D eigenvalue weighted by atomic mass is 16.5. The number of aryl methyl sites for hydroxylation is 2. The van der Waals surface area contributed by atoms with Gasteiger partial charge >= 0.3 is 0 Å². The number of ether oxygens (including phenoxy) is 1. The SMILES string of the molecule is COc1cc(N(C)C2CCCN(c3nc4c(cc3C#N)CCCC4)C2)ncn1. The van der Waals surface area contributed by atoms with Gasteiger partial charge in [-0.1, -0.05) is 0 Å². The maximum absolute atomic E-state index is 9.70. The lowest BCUT2D eigenvalue weighted by Crippen LogP contribution is -2.47. The fourth-order valence-electron chi connectivity index (χ4n) is 4.23. The molecule has 2 aromatic rings. The van der Waals surface area contributed by atoms with Crippen molar-refractivity contribution in [2.45, 2.75) is 44.6 Å². The third-order valence-electron chi connectivity index (χ3n) is 5.84. The molecule has 0 aromatic carbocycles. The average Bonchev–Trinajstić information content (AvgIpc) is 2.77. The standard InChI is InChI=1S/C21H26N6O/c1-26(19-11-20(28-2)24-14-23-19)17-7-5-9-27(13-17)21-16(12-22)10-15-6-3-4-8-18(15)25-21/h10-11,14,17H,3-9,13H2,1-2H3. The number of pyridine rings is 1. The quantitative estimate of drug-likeness (QED) is 0.809. The highest BCUT2D eigenvalue weighted by molar-refractivity contribution is 5.57. The maximum atomic E-state index is 9.70. The summed E-state index contributed by atoms with van der Waals surface area (Å²) < 4.78 is 5.23. The van der Waals surface area contributed by atoms with Crippen molar-refractivity contribution in [3.63, 3.8) is 0 Å². The van der Waals surface area contributed by atoms with Gasteiger partial charge in [0.1, 0.15) is 24.0 Å². The van der Waals surface area contributed by atoms with Crippen molar-refractivity contribution in [3.05, 3.63) is 35.3 Å². The number of piperidine rings is 1. The molecule has 0 amide bonds. The normalized spacial score (nSPS) is 18.9. The van der Waals surface area contributed by atoms with Crippen LogP contribution >= 0.6 is 0 Å². The molecule has 1 fully saturated rings. The second kappa shape index (κ2) is 8.01. The molecule has 3 heterocycles. The fraction of sp³-hybridized carbons (Fsp3) is 0.524. The van der Waals surface area contributed by atoms with E-state index in [4.69, 9.17) is 9.72 Å². The summed E-state index contributed by atoms with van der Waals surface area (Å²) in [5.41, 5.74) is 3.13. The van der Waals surface area contributed by atoms with E-state index >= 15 is 0 Å². The number of nitrogens with zero attached hydrogens (tertiary/aromatic N) is 6. The molecule has 1 aliphatic carbocycles. The number of hydrogen-bond donors (Lipinski definition) is 0. The monoisotopic (exact) mass is 378 g/mol.